The number of hydrogen-bond acceptors (Lipinski definition) is 3. The molecule has 0 fully saturated rings. The molecule has 3 nitrogen and oxygen atoms in total. The molecule has 1 aromatic rings. The number of benzene rings is 1. The van der Waals surface area contributed by atoms with Crippen LogP contribution in [0, 0.1) is 0 Å². The summed E-state index contributed by atoms with van der Waals surface area (Å²) in [5.74, 6) is 0.292. The van der Waals surface area contributed by atoms with Gasteiger partial charge in [-0.2, -0.15) is 0 Å². The second-order valence-corrected chi connectivity index (χ2v) is 8.31. The zero-order valence-electron chi connectivity index (χ0n) is 12.5. The van der Waals surface area contributed by atoms with Gasteiger partial charge >= 0.3 is 0 Å². The molecule has 4 heteroatoms. The molecule has 0 aromatic heterocycles. The predicted octanol–water partition coefficient (Wildman–Crippen LogP) is 2.30. The van der Waals surface area contributed by atoms with Crippen molar-refractivity contribution < 1.29 is 8.42 Å². The Morgan fingerprint density at radius 2 is 2.05 bits per heavy atom. The highest BCUT2D eigenvalue weighted by Crippen LogP contribution is 2.40. The van der Waals surface area contributed by atoms with Crippen molar-refractivity contribution in [3.8, 4) is 0 Å². The van der Waals surface area contributed by atoms with Gasteiger partial charge in [-0.15, -0.1) is 0 Å². The molecule has 0 spiro atoms. The van der Waals surface area contributed by atoms with Crippen molar-refractivity contribution in [1.29, 1.82) is 0 Å². The van der Waals surface area contributed by atoms with Gasteiger partial charge in [0.15, 0.2) is 0 Å². The topological polar surface area (TPSA) is 46.2 Å². The van der Waals surface area contributed by atoms with E-state index >= 15 is 0 Å². The van der Waals surface area contributed by atoms with Gasteiger partial charge in [0.05, 0.1) is 0 Å². The fourth-order valence-corrected chi connectivity index (χ4v) is 4.22. The van der Waals surface area contributed by atoms with Gasteiger partial charge in [-0.1, -0.05) is 24.3 Å². The van der Waals surface area contributed by atoms with Crippen LogP contribution in [0.15, 0.2) is 24.3 Å². The molecule has 1 aliphatic carbocycles. The van der Waals surface area contributed by atoms with Crippen LogP contribution in [0.1, 0.15) is 36.8 Å². The van der Waals surface area contributed by atoms with Gasteiger partial charge in [-0.05, 0) is 50.3 Å². The second kappa shape index (κ2) is 6.27. The van der Waals surface area contributed by atoms with E-state index in [9.17, 15) is 8.42 Å². The van der Waals surface area contributed by atoms with Gasteiger partial charge in [0.1, 0.15) is 9.84 Å². The highest BCUT2D eigenvalue weighted by Gasteiger charge is 2.35. The predicted molar refractivity (Wildman–Crippen MR) is 83.9 cm³/mol. The molecule has 0 aliphatic heterocycles. The van der Waals surface area contributed by atoms with Crippen LogP contribution < -0.4 is 5.32 Å². The Balaban J connectivity index is 2.22. The maximum Gasteiger partial charge on any atom is 0.147 e. The summed E-state index contributed by atoms with van der Waals surface area (Å²) in [6.45, 7) is 0.924. The molecule has 0 bridgehead atoms. The second-order valence-electron chi connectivity index (χ2n) is 6.05. The zero-order valence-corrected chi connectivity index (χ0v) is 13.3. The minimum Gasteiger partial charge on any atom is -0.319 e. The van der Waals surface area contributed by atoms with E-state index in [0.717, 1.165) is 32.2 Å². The average Bonchev–Trinajstić information content (AvgIpc) is 2.38. The summed E-state index contributed by atoms with van der Waals surface area (Å²) in [4.78, 5) is 0. The molecule has 1 aliphatic rings. The van der Waals surface area contributed by atoms with Crippen LogP contribution in [0.25, 0.3) is 0 Å². The lowest BCUT2D eigenvalue weighted by Crippen LogP contribution is -2.40. The quantitative estimate of drug-likeness (QED) is 0.876. The Labute approximate surface area is 122 Å². The summed E-state index contributed by atoms with van der Waals surface area (Å²) in [7, 11) is -0.883. The first-order valence-corrected chi connectivity index (χ1v) is 9.44. The smallest absolute Gasteiger partial charge is 0.147 e. The summed E-state index contributed by atoms with van der Waals surface area (Å²) < 4.78 is 22.7. The number of likely N-dealkylation sites (N-methyl/N-ethyl adjacent to an activating group) is 1. The van der Waals surface area contributed by atoms with Gasteiger partial charge < -0.3 is 5.32 Å². The monoisotopic (exact) mass is 295 g/mol. The van der Waals surface area contributed by atoms with Crippen LogP contribution in [0.5, 0.6) is 0 Å². The molecular weight excluding hydrogens is 270 g/mol. The summed E-state index contributed by atoms with van der Waals surface area (Å²) in [6.07, 6.45) is 6.50. The van der Waals surface area contributed by atoms with E-state index < -0.39 is 9.84 Å². The third kappa shape index (κ3) is 3.61. The first-order chi connectivity index (χ1) is 9.47. The minimum atomic E-state index is -2.86. The van der Waals surface area contributed by atoms with Crippen LogP contribution in [0.3, 0.4) is 0 Å². The molecule has 0 heterocycles. The van der Waals surface area contributed by atoms with Crippen molar-refractivity contribution in [2.75, 3.05) is 25.6 Å². The first-order valence-electron chi connectivity index (χ1n) is 7.38. The highest BCUT2D eigenvalue weighted by atomic mass is 32.2. The maximum atomic E-state index is 11.4. The summed E-state index contributed by atoms with van der Waals surface area (Å²) in [5.41, 5.74) is 2.97. The minimum absolute atomic E-state index is 0.105. The SMILES string of the molecule is CNCC1(CCCS(C)(=O)=O)CCCc2ccccc21. The Hall–Kier alpha value is -0.870. The van der Waals surface area contributed by atoms with Gasteiger partial charge in [0.25, 0.3) is 0 Å². The van der Waals surface area contributed by atoms with E-state index in [4.69, 9.17) is 0 Å². The van der Waals surface area contributed by atoms with E-state index in [-0.39, 0.29) is 5.41 Å². The Bertz CT molecular complexity index is 553. The third-order valence-corrected chi connectivity index (χ3v) is 5.41. The molecule has 1 N–H and O–H groups in total. The summed E-state index contributed by atoms with van der Waals surface area (Å²) >= 11 is 0. The van der Waals surface area contributed by atoms with Crippen LogP contribution in [0.4, 0.5) is 0 Å². The van der Waals surface area contributed by atoms with Crippen molar-refractivity contribution in [2.24, 2.45) is 0 Å². The van der Waals surface area contributed by atoms with E-state index in [0.29, 0.717) is 5.75 Å². The van der Waals surface area contributed by atoms with Gasteiger partial charge in [0, 0.05) is 24.0 Å². The lowest BCUT2D eigenvalue weighted by molar-refractivity contribution is 0.321. The molecule has 20 heavy (non-hydrogen) atoms. The fourth-order valence-electron chi connectivity index (χ4n) is 3.55. The standard InChI is InChI=1S/C16H25NO2S/c1-17-13-16(11-6-12-20(2,18)19)10-5-8-14-7-3-4-9-15(14)16/h3-4,7,9,17H,5-6,8,10-13H2,1-2H3. The number of nitrogens with one attached hydrogen (secondary N) is 1. The average molecular weight is 295 g/mol. The highest BCUT2D eigenvalue weighted by molar-refractivity contribution is 7.90. The molecular formula is C16H25NO2S. The van der Waals surface area contributed by atoms with Gasteiger partial charge in [-0.3, -0.25) is 0 Å². The van der Waals surface area contributed by atoms with Crippen LogP contribution in [-0.4, -0.2) is 34.0 Å². The molecule has 0 amide bonds. The number of aryl methyl sites for hydroxylation is 1. The molecule has 0 saturated heterocycles. The molecule has 1 aromatic carbocycles. The molecule has 0 radical (unpaired) electrons. The van der Waals surface area contributed by atoms with Crippen LogP contribution >= 0.6 is 0 Å². The van der Waals surface area contributed by atoms with Crippen molar-refractivity contribution >= 4 is 9.84 Å². The largest absolute Gasteiger partial charge is 0.319 e. The van der Waals surface area contributed by atoms with Crippen molar-refractivity contribution in [3.05, 3.63) is 35.4 Å². The number of fused-ring (bicyclic) bond motifs is 1. The maximum absolute atomic E-state index is 11.4. The number of hydrogen-bond donors (Lipinski definition) is 1. The Morgan fingerprint density at radius 3 is 2.75 bits per heavy atom. The molecule has 1 atom stereocenters. The van der Waals surface area contributed by atoms with Crippen LogP contribution in [-0.2, 0) is 21.7 Å². The van der Waals surface area contributed by atoms with E-state index in [1.807, 2.05) is 7.05 Å². The molecule has 2 rings (SSSR count). The lowest BCUT2D eigenvalue weighted by Gasteiger charge is -2.39. The fraction of sp³-hybridized carbons (Fsp3) is 0.625. The number of rotatable bonds is 6. The molecule has 1 unspecified atom stereocenters. The zero-order chi connectivity index (χ0) is 14.6. The third-order valence-electron chi connectivity index (χ3n) is 4.38. The summed E-state index contributed by atoms with van der Waals surface area (Å²) in [6, 6.07) is 8.65. The van der Waals surface area contributed by atoms with Gasteiger partial charge in [0.2, 0.25) is 0 Å². The summed E-state index contributed by atoms with van der Waals surface area (Å²) in [5, 5.41) is 3.32. The molecule has 112 valence electrons. The Kier molecular flexibility index (Phi) is 4.86. The number of sulfone groups is 1. The lowest BCUT2D eigenvalue weighted by atomic mass is 9.67. The molecule has 0 saturated carbocycles. The van der Waals surface area contributed by atoms with Crippen molar-refractivity contribution in [3.63, 3.8) is 0 Å². The van der Waals surface area contributed by atoms with Gasteiger partial charge in [-0.25, -0.2) is 8.42 Å². The van der Waals surface area contributed by atoms with E-state index in [1.165, 1.54) is 23.8 Å². The van der Waals surface area contributed by atoms with E-state index in [1.54, 1.807) is 0 Å². The first kappa shape index (κ1) is 15.5. The van der Waals surface area contributed by atoms with E-state index in [2.05, 4.69) is 29.6 Å². The normalized spacial score (nSPS) is 22.5. The van der Waals surface area contributed by atoms with Crippen molar-refractivity contribution in [2.45, 2.75) is 37.5 Å². The van der Waals surface area contributed by atoms with Crippen molar-refractivity contribution in [1.82, 2.24) is 5.32 Å². The Morgan fingerprint density at radius 1 is 1.30 bits per heavy atom. The van der Waals surface area contributed by atoms with Crippen LogP contribution in [0.2, 0.25) is 0 Å².